The topological polar surface area (TPSA) is 49.7 Å². The molecule has 0 aliphatic carbocycles. The minimum absolute atomic E-state index is 0.174. The molecule has 5 heteroatoms. The van der Waals surface area contributed by atoms with Gasteiger partial charge in [-0.1, -0.05) is 26.0 Å². The molecule has 0 aliphatic rings. The van der Waals surface area contributed by atoms with Gasteiger partial charge in [-0.15, -0.1) is 0 Å². The van der Waals surface area contributed by atoms with E-state index in [0.29, 0.717) is 12.5 Å². The highest BCUT2D eigenvalue weighted by atomic mass is 16.5. The number of hydrogen-bond donors (Lipinski definition) is 0. The summed E-state index contributed by atoms with van der Waals surface area (Å²) in [7, 11) is 3.32. The predicted molar refractivity (Wildman–Crippen MR) is 124 cm³/mol. The number of nitrogens with zero attached hydrogens (tertiary/aromatic N) is 1. The first-order valence-corrected chi connectivity index (χ1v) is 10.6. The van der Waals surface area contributed by atoms with Crippen molar-refractivity contribution in [2.45, 2.75) is 33.7 Å². The molecule has 0 saturated heterocycles. The van der Waals surface area contributed by atoms with E-state index in [1.807, 2.05) is 43.3 Å². The third kappa shape index (κ3) is 5.29. The van der Waals surface area contributed by atoms with E-state index in [9.17, 15) is 4.79 Å². The van der Waals surface area contributed by atoms with Crippen molar-refractivity contribution in [3.05, 3.63) is 60.3 Å². The van der Waals surface area contributed by atoms with Crippen LogP contribution in [0.15, 0.2) is 54.6 Å². The molecule has 0 atom stereocenters. The number of carbonyl (C=O) groups excluding carboxylic acids is 1. The Balaban J connectivity index is 2.21. The number of ether oxygens (including phenoxy) is 3. The van der Waals surface area contributed by atoms with E-state index in [1.165, 1.54) is 0 Å². The first kappa shape index (κ1) is 22.5. The lowest BCUT2D eigenvalue weighted by atomic mass is 10.0. The minimum atomic E-state index is -0.237. The summed E-state index contributed by atoms with van der Waals surface area (Å²) in [4.78, 5) is 12.5. The van der Waals surface area contributed by atoms with Gasteiger partial charge in [0.15, 0.2) is 0 Å². The van der Waals surface area contributed by atoms with Crippen molar-refractivity contribution in [3.8, 4) is 33.9 Å². The van der Waals surface area contributed by atoms with E-state index < -0.39 is 0 Å². The van der Waals surface area contributed by atoms with Crippen molar-refractivity contribution >= 4 is 5.97 Å². The minimum Gasteiger partial charge on any atom is -0.497 e. The van der Waals surface area contributed by atoms with Crippen molar-refractivity contribution in [2.75, 3.05) is 20.8 Å². The molecule has 0 aliphatic heterocycles. The van der Waals surface area contributed by atoms with Gasteiger partial charge in [0.1, 0.15) is 18.0 Å². The molecule has 0 unspecified atom stereocenters. The number of rotatable bonds is 9. The second kappa shape index (κ2) is 10.2. The highest BCUT2D eigenvalue weighted by Crippen LogP contribution is 2.37. The molecule has 0 N–H and O–H groups in total. The van der Waals surface area contributed by atoms with Crippen LogP contribution in [0.3, 0.4) is 0 Å². The summed E-state index contributed by atoms with van der Waals surface area (Å²) in [5.41, 5.74) is 5.27. The lowest BCUT2D eigenvalue weighted by Gasteiger charge is -2.16. The predicted octanol–water partition coefficient (Wildman–Crippen LogP) is 5.60. The van der Waals surface area contributed by atoms with E-state index >= 15 is 0 Å². The lowest BCUT2D eigenvalue weighted by molar-refractivity contribution is -0.143. The Hall–Kier alpha value is -3.21. The van der Waals surface area contributed by atoms with Gasteiger partial charge in [-0.3, -0.25) is 4.79 Å². The van der Waals surface area contributed by atoms with Gasteiger partial charge < -0.3 is 18.8 Å². The molecular weight excluding hydrogens is 390 g/mol. The average Bonchev–Trinajstić information content (AvgIpc) is 3.11. The molecule has 0 spiro atoms. The van der Waals surface area contributed by atoms with Crippen LogP contribution in [0, 0.1) is 5.92 Å². The Kier molecular flexibility index (Phi) is 7.40. The zero-order valence-electron chi connectivity index (χ0n) is 19.0. The van der Waals surface area contributed by atoms with E-state index in [2.05, 4.69) is 36.6 Å². The molecule has 2 aromatic carbocycles. The standard InChI is InChI=1S/C26H31NO4/c1-6-31-25(28)17-27-21(15-18(2)3)16-24(19-7-11-22(29-4)12-8-19)26(27)20-9-13-23(30-5)14-10-20/h7-14,16,18H,6,15,17H2,1-5H3. The summed E-state index contributed by atoms with van der Waals surface area (Å²) in [6, 6.07) is 18.2. The molecule has 31 heavy (non-hydrogen) atoms. The molecule has 0 amide bonds. The normalized spacial score (nSPS) is 10.9. The molecule has 1 heterocycles. The van der Waals surface area contributed by atoms with Gasteiger partial charge in [-0.2, -0.15) is 0 Å². The quantitative estimate of drug-likeness (QED) is 0.422. The van der Waals surface area contributed by atoms with Gasteiger partial charge in [0.2, 0.25) is 0 Å². The SMILES string of the molecule is CCOC(=O)Cn1c(CC(C)C)cc(-c2ccc(OC)cc2)c1-c1ccc(OC)cc1. The molecule has 1 aromatic heterocycles. The first-order valence-electron chi connectivity index (χ1n) is 10.6. The summed E-state index contributed by atoms with van der Waals surface area (Å²) in [6.07, 6.45) is 0.860. The van der Waals surface area contributed by atoms with Gasteiger partial charge >= 0.3 is 5.97 Å². The monoisotopic (exact) mass is 421 g/mol. The third-order valence-electron chi connectivity index (χ3n) is 5.16. The second-order valence-electron chi connectivity index (χ2n) is 7.84. The number of carbonyl (C=O) groups is 1. The highest BCUT2D eigenvalue weighted by molar-refractivity contribution is 5.84. The highest BCUT2D eigenvalue weighted by Gasteiger charge is 2.21. The largest absolute Gasteiger partial charge is 0.497 e. The average molecular weight is 422 g/mol. The maximum Gasteiger partial charge on any atom is 0.325 e. The maximum absolute atomic E-state index is 12.5. The first-order chi connectivity index (χ1) is 15.0. The van der Waals surface area contributed by atoms with Crippen molar-refractivity contribution in [1.82, 2.24) is 4.57 Å². The van der Waals surface area contributed by atoms with E-state index in [-0.39, 0.29) is 12.5 Å². The molecular formula is C26H31NO4. The number of benzene rings is 2. The number of aromatic nitrogens is 1. The van der Waals surface area contributed by atoms with Crippen molar-refractivity contribution in [2.24, 2.45) is 5.92 Å². The van der Waals surface area contributed by atoms with E-state index in [1.54, 1.807) is 14.2 Å². The van der Waals surface area contributed by atoms with Gasteiger partial charge in [0.05, 0.1) is 26.5 Å². The van der Waals surface area contributed by atoms with Crippen LogP contribution < -0.4 is 9.47 Å². The van der Waals surface area contributed by atoms with Crippen LogP contribution >= 0.6 is 0 Å². The smallest absolute Gasteiger partial charge is 0.325 e. The molecule has 164 valence electrons. The van der Waals surface area contributed by atoms with Gasteiger partial charge in [-0.05, 0) is 72.9 Å². The van der Waals surface area contributed by atoms with E-state index in [4.69, 9.17) is 14.2 Å². The Morgan fingerprint density at radius 3 is 1.94 bits per heavy atom. The Labute approximate surface area is 184 Å². The van der Waals surface area contributed by atoms with Crippen LogP contribution in [-0.2, 0) is 22.5 Å². The molecule has 0 fully saturated rings. The van der Waals surface area contributed by atoms with Crippen molar-refractivity contribution in [3.63, 3.8) is 0 Å². The maximum atomic E-state index is 12.5. The fraction of sp³-hybridized carbons (Fsp3) is 0.346. The molecule has 3 rings (SSSR count). The third-order valence-corrected chi connectivity index (χ3v) is 5.16. The second-order valence-corrected chi connectivity index (χ2v) is 7.84. The van der Waals surface area contributed by atoms with E-state index in [0.717, 1.165) is 46.0 Å². The summed E-state index contributed by atoms with van der Waals surface area (Å²) in [5.74, 6) is 1.81. The molecule has 0 bridgehead atoms. The summed E-state index contributed by atoms with van der Waals surface area (Å²) in [5, 5.41) is 0. The molecule has 3 aromatic rings. The molecule has 0 saturated carbocycles. The van der Waals surface area contributed by atoms with Crippen molar-refractivity contribution in [1.29, 1.82) is 0 Å². The number of esters is 1. The fourth-order valence-electron chi connectivity index (χ4n) is 3.76. The van der Waals surface area contributed by atoms with Crippen molar-refractivity contribution < 1.29 is 19.0 Å². The van der Waals surface area contributed by atoms with Crippen LogP contribution in [0.4, 0.5) is 0 Å². The zero-order chi connectivity index (χ0) is 22.4. The number of methoxy groups -OCH3 is 2. The Morgan fingerprint density at radius 2 is 1.45 bits per heavy atom. The Morgan fingerprint density at radius 1 is 0.903 bits per heavy atom. The van der Waals surface area contributed by atoms with Gasteiger partial charge in [0.25, 0.3) is 0 Å². The van der Waals surface area contributed by atoms with Crippen LogP contribution in [0.25, 0.3) is 22.4 Å². The van der Waals surface area contributed by atoms with Crippen LogP contribution in [0.2, 0.25) is 0 Å². The van der Waals surface area contributed by atoms with Crippen LogP contribution in [0.5, 0.6) is 11.5 Å². The van der Waals surface area contributed by atoms with Crippen LogP contribution in [0.1, 0.15) is 26.5 Å². The number of hydrogen-bond acceptors (Lipinski definition) is 4. The zero-order valence-corrected chi connectivity index (χ0v) is 19.0. The fourth-order valence-corrected chi connectivity index (χ4v) is 3.76. The Bertz CT molecular complexity index is 1000. The van der Waals surface area contributed by atoms with Gasteiger partial charge in [0, 0.05) is 11.3 Å². The lowest BCUT2D eigenvalue weighted by Crippen LogP contribution is -2.17. The van der Waals surface area contributed by atoms with Gasteiger partial charge in [-0.25, -0.2) is 0 Å². The summed E-state index contributed by atoms with van der Waals surface area (Å²) < 4.78 is 18.0. The molecule has 0 radical (unpaired) electrons. The summed E-state index contributed by atoms with van der Waals surface area (Å²) in [6.45, 7) is 6.73. The molecule has 5 nitrogen and oxygen atoms in total. The summed E-state index contributed by atoms with van der Waals surface area (Å²) >= 11 is 0. The van der Waals surface area contributed by atoms with Crippen LogP contribution in [-0.4, -0.2) is 31.4 Å².